The van der Waals surface area contributed by atoms with E-state index < -0.39 is 11.8 Å². The van der Waals surface area contributed by atoms with E-state index in [4.69, 9.17) is 19.0 Å². The Morgan fingerprint density at radius 1 is 0.902 bits per heavy atom. The number of carbonyl (C=O) groups excluding carboxylic acids is 1. The van der Waals surface area contributed by atoms with Gasteiger partial charge in [-0.25, -0.2) is 9.18 Å². The molecule has 1 saturated heterocycles. The summed E-state index contributed by atoms with van der Waals surface area (Å²) < 4.78 is 32.2. The van der Waals surface area contributed by atoms with Crippen LogP contribution < -0.4 is 4.74 Å². The molecule has 41 heavy (non-hydrogen) atoms. The Balaban J connectivity index is 1.34. The van der Waals surface area contributed by atoms with Crippen LogP contribution in [0.5, 0.6) is 5.75 Å². The van der Waals surface area contributed by atoms with Crippen LogP contribution in [0.15, 0.2) is 91.0 Å². The van der Waals surface area contributed by atoms with Gasteiger partial charge >= 0.3 is 6.16 Å². The molecule has 0 aromatic heterocycles. The molecule has 0 saturated carbocycles. The summed E-state index contributed by atoms with van der Waals surface area (Å²) in [5, 5.41) is 3.65. The van der Waals surface area contributed by atoms with Gasteiger partial charge in [-0.05, 0) is 73.5 Å². The molecule has 0 spiro atoms. The van der Waals surface area contributed by atoms with Crippen molar-refractivity contribution < 1.29 is 28.2 Å². The Labute approximate surface area is 240 Å². The minimum atomic E-state index is -0.754. The van der Waals surface area contributed by atoms with Gasteiger partial charge in [0.2, 0.25) is 0 Å². The number of ether oxygens (including phenoxy) is 3. The van der Waals surface area contributed by atoms with Gasteiger partial charge in [-0.2, -0.15) is 0 Å². The van der Waals surface area contributed by atoms with E-state index >= 15 is 0 Å². The monoisotopic (exact) mass is 557 g/mol. The zero-order valence-corrected chi connectivity index (χ0v) is 23.7. The van der Waals surface area contributed by atoms with Crippen LogP contribution in [0.2, 0.25) is 0 Å². The van der Waals surface area contributed by atoms with Gasteiger partial charge in [0.05, 0.1) is 19.3 Å². The van der Waals surface area contributed by atoms with Crippen molar-refractivity contribution in [1.29, 1.82) is 0 Å². The summed E-state index contributed by atoms with van der Waals surface area (Å²) in [6.07, 6.45) is -0.483. The number of carbonyl (C=O) groups is 1. The molecule has 0 bridgehead atoms. The summed E-state index contributed by atoms with van der Waals surface area (Å²) in [6, 6.07) is 28.9. The first-order valence-electron chi connectivity index (χ1n) is 13.9. The van der Waals surface area contributed by atoms with Crippen LogP contribution in [0.4, 0.5) is 9.18 Å². The molecule has 1 aliphatic rings. The lowest BCUT2D eigenvalue weighted by Gasteiger charge is -2.37. The summed E-state index contributed by atoms with van der Waals surface area (Å²) in [4.78, 5) is 17.9. The average Bonchev–Trinajstić information content (AvgIpc) is 2.94. The molecule has 214 valence electrons. The molecule has 2 atom stereocenters. The quantitative estimate of drug-likeness (QED) is 0.206. The number of nitrogens with zero attached hydrogens (tertiary/aromatic N) is 1. The maximum absolute atomic E-state index is 14.1. The second-order valence-corrected chi connectivity index (χ2v) is 11.3. The Morgan fingerprint density at radius 3 is 2.46 bits per heavy atom. The predicted octanol–water partition coefficient (Wildman–Crippen LogP) is 7.80. The molecule has 0 aliphatic carbocycles. The van der Waals surface area contributed by atoms with Crippen molar-refractivity contribution in [2.45, 2.75) is 58.0 Å². The first-order valence-corrected chi connectivity index (χ1v) is 13.9. The number of hydroxylamine groups is 2. The third kappa shape index (κ3) is 7.84. The minimum Gasteiger partial charge on any atom is -0.488 e. The fraction of sp³-hybridized carbons (Fsp3) is 0.324. The van der Waals surface area contributed by atoms with E-state index in [0.29, 0.717) is 32.7 Å². The molecule has 7 heteroatoms. The number of hydrogen-bond donors (Lipinski definition) is 0. The van der Waals surface area contributed by atoms with Gasteiger partial charge < -0.3 is 19.0 Å². The fourth-order valence-electron chi connectivity index (χ4n) is 5.11. The number of benzene rings is 4. The van der Waals surface area contributed by atoms with Crippen LogP contribution >= 0.6 is 0 Å². The summed E-state index contributed by atoms with van der Waals surface area (Å²) >= 11 is 0. The summed E-state index contributed by atoms with van der Waals surface area (Å²) in [5.41, 5.74) is 2.24. The van der Waals surface area contributed by atoms with Crippen LogP contribution in [0.3, 0.4) is 0 Å². The van der Waals surface area contributed by atoms with Gasteiger partial charge in [0.1, 0.15) is 23.8 Å². The van der Waals surface area contributed by atoms with E-state index in [2.05, 4.69) is 12.1 Å². The SMILES string of the molecule is CC(C)(C)OC(=O)ON1CCC(c2cccc(F)c2)C(OCc2cc(OCc3ccccc3)c3ccccc3c2)C1. The first kappa shape index (κ1) is 28.6. The average molecular weight is 558 g/mol. The van der Waals surface area contributed by atoms with Crippen molar-refractivity contribution in [2.24, 2.45) is 0 Å². The summed E-state index contributed by atoms with van der Waals surface area (Å²) in [6.45, 7) is 6.94. The van der Waals surface area contributed by atoms with E-state index in [-0.39, 0.29) is 17.8 Å². The highest BCUT2D eigenvalue weighted by Crippen LogP contribution is 2.33. The Hall–Kier alpha value is -3.94. The van der Waals surface area contributed by atoms with E-state index in [1.807, 2.05) is 60.7 Å². The standard InChI is InChI=1S/C34H36FNO5/c1-34(2,3)40-33(37)41-36-17-16-30(27-13-9-14-28(35)20-27)32(21-36)39-23-25-18-26-12-7-8-15-29(26)31(19-25)38-22-24-10-5-4-6-11-24/h4-15,18-20,30,32H,16-17,21-23H2,1-3H3. The van der Waals surface area contributed by atoms with Gasteiger partial charge in [-0.15, -0.1) is 5.06 Å². The van der Waals surface area contributed by atoms with Crippen LogP contribution in [0.1, 0.15) is 49.8 Å². The second-order valence-electron chi connectivity index (χ2n) is 11.3. The molecule has 4 aromatic carbocycles. The largest absolute Gasteiger partial charge is 0.528 e. The lowest BCUT2D eigenvalue weighted by atomic mass is 9.87. The smallest absolute Gasteiger partial charge is 0.488 e. The van der Waals surface area contributed by atoms with Crippen molar-refractivity contribution in [3.05, 3.63) is 114 Å². The molecule has 0 radical (unpaired) electrons. The molecular formula is C34H36FNO5. The van der Waals surface area contributed by atoms with Crippen molar-refractivity contribution in [2.75, 3.05) is 13.1 Å². The topological polar surface area (TPSA) is 57.2 Å². The van der Waals surface area contributed by atoms with E-state index in [0.717, 1.165) is 33.2 Å². The maximum Gasteiger partial charge on any atom is 0.528 e. The van der Waals surface area contributed by atoms with Gasteiger partial charge in [-0.1, -0.05) is 66.7 Å². The molecule has 2 unspecified atom stereocenters. The van der Waals surface area contributed by atoms with Gasteiger partial charge in [0, 0.05) is 17.8 Å². The molecule has 1 heterocycles. The third-order valence-corrected chi connectivity index (χ3v) is 6.98. The van der Waals surface area contributed by atoms with Crippen LogP contribution in [0, 0.1) is 5.82 Å². The Kier molecular flexibility index (Phi) is 8.86. The minimum absolute atomic E-state index is 0.0709. The number of rotatable bonds is 8. The zero-order valence-electron chi connectivity index (χ0n) is 23.7. The third-order valence-electron chi connectivity index (χ3n) is 6.98. The van der Waals surface area contributed by atoms with Crippen molar-refractivity contribution in [3.63, 3.8) is 0 Å². The highest BCUT2D eigenvalue weighted by atomic mass is 19.1. The molecule has 5 rings (SSSR count). The first-order chi connectivity index (χ1) is 19.7. The molecule has 1 aliphatic heterocycles. The van der Waals surface area contributed by atoms with Crippen molar-refractivity contribution in [1.82, 2.24) is 5.06 Å². The zero-order chi connectivity index (χ0) is 28.8. The Morgan fingerprint density at radius 2 is 1.68 bits per heavy atom. The molecular weight excluding hydrogens is 521 g/mol. The Bertz CT molecular complexity index is 1470. The summed E-state index contributed by atoms with van der Waals surface area (Å²) in [7, 11) is 0. The lowest BCUT2D eigenvalue weighted by molar-refractivity contribution is -0.179. The number of piperidine rings is 1. The van der Waals surface area contributed by atoms with Gasteiger partial charge in [-0.3, -0.25) is 0 Å². The predicted molar refractivity (Wildman–Crippen MR) is 156 cm³/mol. The lowest BCUT2D eigenvalue weighted by Crippen LogP contribution is -2.45. The fourth-order valence-corrected chi connectivity index (χ4v) is 5.11. The van der Waals surface area contributed by atoms with E-state index in [1.54, 1.807) is 38.0 Å². The number of hydrogen-bond acceptors (Lipinski definition) is 6. The normalized spacial score (nSPS) is 17.8. The molecule has 0 amide bonds. The number of halogens is 1. The van der Waals surface area contributed by atoms with Crippen LogP contribution in [0.25, 0.3) is 10.8 Å². The van der Waals surface area contributed by atoms with Gasteiger partial charge in [0.15, 0.2) is 0 Å². The van der Waals surface area contributed by atoms with Gasteiger partial charge in [0.25, 0.3) is 0 Å². The molecule has 6 nitrogen and oxygen atoms in total. The molecule has 0 N–H and O–H groups in total. The molecule has 4 aromatic rings. The maximum atomic E-state index is 14.1. The highest BCUT2D eigenvalue weighted by molar-refractivity contribution is 5.89. The van der Waals surface area contributed by atoms with Crippen molar-refractivity contribution in [3.8, 4) is 5.75 Å². The highest BCUT2D eigenvalue weighted by Gasteiger charge is 2.34. The molecule has 1 fully saturated rings. The number of fused-ring (bicyclic) bond motifs is 1. The van der Waals surface area contributed by atoms with E-state index in [1.165, 1.54) is 6.07 Å². The van der Waals surface area contributed by atoms with Crippen LogP contribution in [-0.4, -0.2) is 36.0 Å². The van der Waals surface area contributed by atoms with Crippen LogP contribution in [-0.2, 0) is 27.5 Å². The van der Waals surface area contributed by atoms with Crippen molar-refractivity contribution >= 4 is 16.9 Å². The second kappa shape index (κ2) is 12.7. The van der Waals surface area contributed by atoms with E-state index in [9.17, 15) is 9.18 Å². The summed E-state index contributed by atoms with van der Waals surface area (Å²) in [5.74, 6) is 0.424.